The smallest absolute Gasteiger partial charge is 0.274 e. The highest BCUT2D eigenvalue weighted by Gasteiger charge is 2.16. The molecule has 2 aromatic carbocycles. The number of methoxy groups -OCH3 is 1. The predicted molar refractivity (Wildman–Crippen MR) is 109 cm³/mol. The molecule has 0 saturated carbocycles. The molecule has 0 aliphatic rings. The van der Waals surface area contributed by atoms with Gasteiger partial charge in [-0.3, -0.25) is 9.59 Å². The fourth-order valence-corrected chi connectivity index (χ4v) is 2.85. The van der Waals surface area contributed by atoms with Gasteiger partial charge in [-0.1, -0.05) is 36.4 Å². The Morgan fingerprint density at radius 2 is 1.76 bits per heavy atom. The molecule has 7 nitrogen and oxygen atoms in total. The molecule has 0 spiro atoms. The van der Waals surface area contributed by atoms with E-state index in [4.69, 9.17) is 9.47 Å². The summed E-state index contributed by atoms with van der Waals surface area (Å²) < 4.78 is 12.2. The average Bonchev–Trinajstić information content (AvgIpc) is 2.75. The van der Waals surface area contributed by atoms with Crippen molar-refractivity contribution in [2.75, 3.05) is 20.8 Å². The molecule has 1 heterocycles. The minimum Gasteiger partial charge on any atom is -0.496 e. The normalized spacial score (nSPS) is 10.4. The molecular weight excluding hydrogens is 370 g/mol. The van der Waals surface area contributed by atoms with Crippen molar-refractivity contribution in [3.05, 3.63) is 88.3 Å². The monoisotopic (exact) mass is 393 g/mol. The third-order valence-corrected chi connectivity index (χ3v) is 4.35. The van der Waals surface area contributed by atoms with Crippen LogP contribution in [0.4, 0.5) is 0 Å². The van der Waals surface area contributed by atoms with E-state index in [9.17, 15) is 9.59 Å². The highest BCUT2D eigenvalue weighted by Crippen LogP contribution is 2.19. The Kier molecular flexibility index (Phi) is 6.63. The Bertz CT molecular complexity index is 1020. The lowest BCUT2D eigenvalue weighted by Gasteiger charge is -2.18. The zero-order chi connectivity index (χ0) is 20.6. The molecule has 150 valence electrons. The third-order valence-electron chi connectivity index (χ3n) is 4.35. The summed E-state index contributed by atoms with van der Waals surface area (Å²) in [6, 6.07) is 19.6. The van der Waals surface area contributed by atoms with Crippen LogP contribution < -0.4 is 15.0 Å². The number of amides is 1. The van der Waals surface area contributed by atoms with E-state index >= 15 is 0 Å². The average molecular weight is 393 g/mol. The number of ether oxygens (including phenoxy) is 2. The SMILES string of the molecule is COc1ccccc1CN(C)C(=O)c1ccc(=O)n(CCOc2ccccc2)n1. The Morgan fingerprint density at radius 3 is 2.52 bits per heavy atom. The largest absolute Gasteiger partial charge is 0.496 e. The number of carbonyl (C=O) groups excluding carboxylic acids is 1. The highest BCUT2D eigenvalue weighted by atomic mass is 16.5. The van der Waals surface area contributed by atoms with Crippen LogP contribution in [0, 0.1) is 0 Å². The minimum absolute atomic E-state index is 0.196. The molecule has 0 aliphatic heterocycles. The first kappa shape index (κ1) is 20.1. The quantitative estimate of drug-likeness (QED) is 0.588. The number of hydrogen-bond donors (Lipinski definition) is 0. The van der Waals surface area contributed by atoms with Gasteiger partial charge in [-0.15, -0.1) is 0 Å². The summed E-state index contributed by atoms with van der Waals surface area (Å²) in [6.07, 6.45) is 0. The maximum atomic E-state index is 12.8. The van der Waals surface area contributed by atoms with Crippen molar-refractivity contribution in [2.45, 2.75) is 13.1 Å². The molecule has 0 saturated heterocycles. The second-order valence-electron chi connectivity index (χ2n) is 6.41. The van der Waals surface area contributed by atoms with E-state index in [1.54, 1.807) is 14.2 Å². The lowest BCUT2D eigenvalue weighted by molar-refractivity contribution is 0.0775. The molecule has 3 rings (SSSR count). The number of aromatic nitrogens is 2. The lowest BCUT2D eigenvalue weighted by Crippen LogP contribution is -2.32. The van der Waals surface area contributed by atoms with Crippen molar-refractivity contribution >= 4 is 5.91 Å². The molecule has 0 radical (unpaired) electrons. The minimum atomic E-state index is -0.286. The summed E-state index contributed by atoms with van der Waals surface area (Å²) >= 11 is 0. The van der Waals surface area contributed by atoms with Crippen molar-refractivity contribution in [1.82, 2.24) is 14.7 Å². The number of nitrogens with zero attached hydrogens (tertiary/aromatic N) is 3. The zero-order valence-electron chi connectivity index (χ0n) is 16.4. The van der Waals surface area contributed by atoms with Gasteiger partial charge < -0.3 is 14.4 Å². The van der Waals surface area contributed by atoms with Gasteiger partial charge in [-0.05, 0) is 24.3 Å². The zero-order valence-corrected chi connectivity index (χ0v) is 16.4. The van der Waals surface area contributed by atoms with Crippen molar-refractivity contribution in [3.8, 4) is 11.5 Å². The first-order chi connectivity index (χ1) is 14.1. The summed E-state index contributed by atoms with van der Waals surface area (Å²) in [6.45, 7) is 0.872. The van der Waals surface area contributed by atoms with Gasteiger partial charge in [0.05, 0.1) is 13.7 Å². The molecule has 7 heteroatoms. The number of hydrogen-bond acceptors (Lipinski definition) is 5. The molecule has 3 aromatic rings. The van der Waals surface area contributed by atoms with Crippen LogP contribution in [0.15, 0.2) is 71.5 Å². The molecule has 1 aromatic heterocycles. The molecule has 0 bridgehead atoms. The van der Waals surface area contributed by atoms with Crippen LogP contribution in [-0.2, 0) is 13.1 Å². The molecule has 0 unspecified atom stereocenters. The van der Waals surface area contributed by atoms with E-state index in [0.717, 1.165) is 5.56 Å². The maximum absolute atomic E-state index is 12.8. The van der Waals surface area contributed by atoms with Crippen molar-refractivity contribution in [2.24, 2.45) is 0 Å². The summed E-state index contributed by atoms with van der Waals surface area (Å²) in [5.74, 6) is 1.14. The van der Waals surface area contributed by atoms with E-state index in [1.807, 2.05) is 54.6 Å². The van der Waals surface area contributed by atoms with Gasteiger partial charge in [0.2, 0.25) is 0 Å². The Balaban J connectivity index is 1.67. The fourth-order valence-electron chi connectivity index (χ4n) is 2.85. The Hall–Kier alpha value is -3.61. The summed E-state index contributed by atoms with van der Waals surface area (Å²) in [5.41, 5.74) is 0.794. The highest BCUT2D eigenvalue weighted by molar-refractivity contribution is 5.91. The molecule has 0 N–H and O–H groups in total. The summed E-state index contributed by atoms with van der Waals surface area (Å²) in [5, 5.41) is 4.21. The van der Waals surface area contributed by atoms with Crippen LogP contribution in [0.3, 0.4) is 0 Å². The molecular formula is C22H23N3O4. The second kappa shape index (κ2) is 9.54. The van der Waals surface area contributed by atoms with Gasteiger partial charge in [0.25, 0.3) is 11.5 Å². The van der Waals surface area contributed by atoms with Crippen LogP contribution >= 0.6 is 0 Å². The predicted octanol–water partition coefficient (Wildman–Crippen LogP) is 2.60. The maximum Gasteiger partial charge on any atom is 0.274 e. The van der Waals surface area contributed by atoms with Crippen molar-refractivity contribution < 1.29 is 14.3 Å². The van der Waals surface area contributed by atoms with Gasteiger partial charge in [0.15, 0.2) is 0 Å². The van der Waals surface area contributed by atoms with Crippen LogP contribution in [0.1, 0.15) is 16.1 Å². The van der Waals surface area contributed by atoms with Gasteiger partial charge >= 0.3 is 0 Å². The van der Waals surface area contributed by atoms with Crippen molar-refractivity contribution in [1.29, 1.82) is 0 Å². The van der Waals surface area contributed by atoms with Crippen LogP contribution in [0.25, 0.3) is 0 Å². The topological polar surface area (TPSA) is 73.7 Å². The Labute approximate surface area is 169 Å². The third kappa shape index (κ3) is 5.22. The number of para-hydroxylation sites is 2. The summed E-state index contributed by atoms with van der Waals surface area (Å²) in [7, 11) is 3.28. The number of carbonyl (C=O) groups is 1. The van der Waals surface area contributed by atoms with E-state index in [1.165, 1.54) is 21.7 Å². The number of rotatable bonds is 8. The van der Waals surface area contributed by atoms with E-state index in [-0.39, 0.29) is 30.3 Å². The first-order valence-corrected chi connectivity index (χ1v) is 9.22. The van der Waals surface area contributed by atoms with Gasteiger partial charge in [0.1, 0.15) is 23.8 Å². The van der Waals surface area contributed by atoms with E-state index in [0.29, 0.717) is 18.0 Å². The van der Waals surface area contributed by atoms with E-state index in [2.05, 4.69) is 5.10 Å². The second-order valence-corrected chi connectivity index (χ2v) is 6.41. The van der Waals surface area contributed by atoms with E-state index < -0.39 is 0 Å². The van der Waals surface area contributed by atoms with Crippen LogP contribution in [0.5, 0.6) is 11.5 Å². The van der Waals surface area contributed by atoms with Gasteiger partial charge in [-0.2, -0.15) is 5.10 Å². The molecule has 0 atom stereocenters. The standard InChI is InChI=1S/C22H23N3O4/c1-24(16-17-8-6-7-11-20(17)28-2)22(27)19-12-13-21(26)25(23-19)14-15-29-18-9-4-3-5-10-18/h3-13H,14-16H2,1-2H3. The van der Waals surface area contributed by atoms with Gasteiger partial charge in [0, 0.05) is 25.2 Å². The van der Waals surface area contributed by atoms with Crippen LogP contribution in [-0.4, -0.2) is 41.4 Å². The first-order valence-electron chi connectivity index (χ1n) is 9.22. The molecule has 0 fully saturated rings. The fraction of sp³-hybridized carbons (Fsp3) is 0.227. The Morgan fingerprint density at radius 1 is 1.03 bits per heavy atom. The van der Waals surface area contributed by atoms with Crippen molar-refractivity contribution in [3.63, 3.8) is 0 Å². The molecule has 0 aliphatic carbocycles. The lowest BCUT2D eigenvalue weighted by atomic mass is 10.2. The summed E-state index contributed by atoms with van der Waals surface area (Å²) in [4.78, 5) is 26.4. The number of benzene rings is 2. The molecule has 1 amide bonds. The molecule has 29 heavy (non-hydrogen) atoms. The van der Waals surface area contributed by atoms with Gasteiger partial charge in [-0.25, -0.2) is 4.68 Å². The van der Waals surface area contributed by atoms with Crippen LogP contribution in [0.2, 0.25) is 0 Å².